The van der Waals surface area contributed by atoms with E-state index in [4.69, 9.17) is 21.1 Å². The van der Waals surface area contributed by atoms with Gasteiger partial charge < -0.3 is 14.5 Å². The Labute approximate surface area is 133 Å². The van der Waals surface area contributed by atoms with Gasteiger partial charge in [-0.05, 0) is 25.1 Å². The maximum atomic E-state index is 11.7. The molecule has 1 aromatic carbocycles. The van der Waals surface area contributed by atoms with Gasteiger partial charge in [0.2, 0.25) is 0 Å². The van der Waals surface area contributed by atoms with Crippen molar-refractivity contribution < 1.29 is 14.3 Å². The van der Waals surface area contributed by atoms with Crippen molar-refractivity contribution in [3.63, 3.8) is 0 Å². The van der Waals surface area contributed by atoms with Crippen molar-refractivity contribution >= 4 is 28.6 Å². The number of halogens is 1. The van der Waals surface area contributed by atoms with Gasteiger partial charge >= 0.3 is 5.97 Å². The first-order valence-electron chi connectivity index (χ1n) is 7.15. The van der Waals surface area contributed by atoms with E-state index >= 15 is 0 Å². The number of hydrogen-bond acceptors (Lipinski definition) is 5. The zero-order valence-corrected chi connectivity index (χ0v) is 13.3. The number of hydrogen-bond donors (Lipinski definition) is 1. The molecular formula is C15H18ClN3O3. The Morgan fingerprint density at radius 1 is 1.55 bits per heavy atom. The van der Waals surface area contributed by atoms with E-state index in [9.17, 15) is 4.79 Å². The molecule has 2 aromatic rings. The lowest BCUT2D eigenvalue weighted by molar-refractivity contribution is -0.166. The van der Waals surface area contributed by atoms with Crippen molar-refractivity contribution in [3.05, 3.63) is 29.0 Å². The zero-order chi connectivity index (χ0) is 15.7. The number of rotatable bonds is 3. The van der Waals surface area contributed by atoms with Gasteiger partial charge in [0, 0.05) is 18.1 Å². The summed E-state index contributed by atoms with van der Waals surface area (Å²) in [5.74, 6) is 0.503. The van der Waals surface area contributed by atoms with Gasteiger partial charge in [0.15, 0.2) is 6.10 Å². The number of methoxy groups -OCH3 is 1. The van der Waals surface area contributed by atoms with Crippen LogP contribution in [0.25, 0.3) is 11.0 Å². The first-order valence-corrected chi connectivity index (χ1v) is 7.52. The summed E-state index contributed by atoms with van der Waals surface area (Å²) in [6.45, 7) is 3.80. The largest absolute Gasteiger partial charge is 0.467 e. The van der Waals surface area contributed by atoms with Crippen molar-refractivity contribution in [2.24, 2.45) is 0 Å². The number of carbonyl (C=O) groups is 1. The third-order valence-electron chi connectivity index (χ3n) is 3.67. The number of aromatic nitrogens is 2. The maximum absolute atomic E-state index is 11.7. The molecule has 0 spiro atoms. The standard InChI is InChI=1S/C15H18ClN3O3/c1-9-6-19(7-13(22-9)15(20)21-2)8-14-17-11-4-3-10(16)5-12(11)18-14/h3-5,9,13H,6-8H2,1-2H3,(H,17,18)/t9-,13?/m1/s1. The molecular weight excluding hydrogens is 306 g/mol. The van der Waals surface area contributed by atoms with Crippen molar-refractivity contribution in [2.75, 3.05) is 20.2 Å². The van der Waals surface area contributed by atoms with Crippen LogP contribution >= 0.6 is 11.6 Å². The molecule has 0 aliphatic carbocycles. The van der Waals surface area contributed by atoms with E-state index in [-0.39, 0.29) is 12.1 Å². The number of benzene rings is 1. The van der Waals surface area contributed by atoms with Gasteiger partial charge in [-0.1, -0.05) is 11.6 Å². The van der Waals surface area contributed by atoms with E-state index in [1.807, 2.05) is 25.1 Å². The summed E-state index contributed by atoms with van der Waals surface area (Å²) in [6, 6.07) is 5.56. The van der Waals surface area contributed by atoms with E-state index in [1.165, 1.54) is 7.11 Å². The van der Waals surface area contributed by atoms with Crippen LogP contribution in [0, 0.1) is 0 Å². The lowest BCUT2D eigenvalue weighted by Gasteiger charge is -2.34. The number of nitrogens with zero attached hydrogens (tertiary/aromatic N) is 2. The Hall–Kier alpha value is -1.63. The number of carbonyl (C=O) groups excluding carboxylic acids is 1. The van der Waals surface area contributed by atoms with E-state index in [0.717, 1.165) is 23.4 Å². The van der Waals surface area contributed by atoms with Crippen LogP contribution in [0.2, 0.25) is 5.02 Å². The molecule has 118 valence electrons. The molecule has 2 atom stereocenters. The molecule has 1 N–H and O–H groups in total. The average Bonchev–Trinajstić information content (AvgIpc) is 2.86. The molecule has 22 heavy (non-hydrogen) atoms. The summed E-state index contributed by atoms with van der Waals surface area (Å²) >= 11 is 5.98. The van der Waals surface area contributed by atoms with Crippen LogP contribution < -0.4 is 0 Å². The maximum Gasteiger partial charge on any atom is 0.336 e. The van der Waals surface area contributed by atoms with Crippen LogP contribution in [0.15, 0.2) is 18.2 Å². The molecule has 0 saturated carbocycles. The lowest BCUT2D eigenvalue weighted by Crippen LogP contribution is -2.49. The molecule has 1 fully saturated rings. The minimum atomic E-state index is -0.549. The predicted molar refractivity (Wildman–Crippen MR) is 82.7 cm³/mol. The number of fused-ring (bicyclic) bond motifs is 1. The van der Waals surface area contributed by atoms with Gasteiger partial charge in [-0.2, -0.15) is 0 Å². The molecule has 1 aliphatic heterocycles. The Morgan fingerprint density at radius 2 is 2.36 bits per heavy atom. The summed E-state index contributed by atoms with van der Waals surface area (Å²) in [4.78, 5) is 21.6. The highest BCUT2D eigenvalue weighted by Gasteiger charge is 2.31. The number of ether oxygens (including phenoxy) is 2. The summed E-state index contributed by atoms with van der Waals surface area (Å²) in [7, 11) is 1.37. The molecule has 0 radical (unpaired) electrons. The molecule has 1 unspecified atom stereocenters. The van der Waals surface area contributed by atoms with Gasteiger partial charge in [-0.25, -0.2) is 9.78 Å². The summed E-state index contributed by atoms with van der Waals surface area (Å²) in [5, 5.41) is 0.674. The second-order valence-electron chi connectivity index (χ2n) is 5.50. The number of H-pyrrole nitrogens is 1. The normalized spacial score (nSPS) is 22.9. The smallest absolute Gasteiger partial charge is 0.336 e. The van der Waals surface area contributed by atoms with Crippen molar-refractivity contribution in [2.45, 2.75) is 25.7 Å². The van der Waals surface area contributed by atoms with Crippen LogP contribution in [-0.2, 0) is 20.8 Å². The average molecular weight is 324 g/mol. The van der Waals surface area contributed by atoms with Gasteiger partial charge in [0.05, 0.1) is 30.8 Å². The molecule has 7 heteroatoms. The number of esters is 1. The molecule has 1 aromatic heterocycles. The zero-order valence-electron chi connectivity index (χ0n) is 12.5. The Bertz CT molecular complexity index is 688. The number of imidazole rings is 1. The number of morpholine rings is 1. The fraction of sp³-hybridized carbons (Fsp3) is 0.467. The van der Waals surface area contributed by atoms with Crippen LogP contribution in [-0.4, -0.2) is 53.2 Å². The SMILES string of the molecule is COC(=O)C1CN(Cc2nc3ccc(Cl)cc3[nH]2)C[C@@H](C)O1. The monoisotopic (exact) mass is 323 g/mol. The highest BCUT2D eigenvalue weighted by molar-refractivity contribution is 6.31. The third-order valence-corrected chi connectivity index (χ3v) is 3.90. The Kier molecular flexibility index (Phi) is 4.33. The van der Waals surface area contributed by atoms with Crippen molar-refractivity contribution in [1.82, 2.24) is 14.9 Å². The molecule has 0 bridgehead atoms. The van der Waals surface area contributed by atoms with E-state index in [2.05, 4.69) is 14.9 Å². The first-order chi connectivity index (χ1) is 10.5. The van der Waals surface area contributed by atoms with E-state index in [1.54, 1.807) is 0 Å². The van der Waals surface area contributed by atoms with Crippen LogP contribution in [0.1, 0.15) is 12.7 Å². The number of aromatic amines is 1. The molecule has 0 amide bonds. The molecule has 1 saturated heterocycles. The predicted octanol–water partition coefficient (Wildman–Crippen LogP) is 1.98. The van der Waals surface area contributed by atoms with E-state index < -0.39 is 6.10 Å². The molecule has 3 rings (SSSR count). The fourth-order valence-electron chi connectivity index (χ4n) is 2.75. The second kappa shape index (κ2) is 6.24. The third kappa shape index (κ3) is 3.24. The van der Waals surface area contributed by atoms with Crippen molar-refractivity contribution in [3.8, 4) is 0 Å². The van der Waals surface area contributed by atoms with Crippen LogP contribution in [0.3, 0.4) is 0 Å². The fourth-order valence-corrected chi connectivity index (χ4v) is 2.92. The minimum absolute atomic E-state index is 0.0309. The summed E-state index contributed by atoms with van der Waals surface area (Å²) in [6.07, 6.45) is -0.579. The first kappa shape index (κ1) is 15.3. The van der Waals surface area contributed by atoms with Gasteiger partial charge in [-0.15, -0.1) is 0 Å². The van der Waals surface area contributed by atoms with Crippen LogP contribution in [0.5, 0.6) is 0 Å². The highest BCUT2D eigenvalue weighted by atomic mass is 35.5. The van der Waals surface area contributed by atoms with Crippen molar-refractivity contribution in [1.29, 1.82) is 0 Å². The van der Waals surface area contributed by atoms with Gasteiger partial charge in [-0.3, -0.25) is 4.90 Å². The topological polar surface area (TPSA) is 67.5 Å². The van der Waals surface area contributed by atoms with Gasteiger partial charge in [0.1, 0.15) is 5.82 Å². The van der Waals surface area contributed by atoms with Crippen LogP contribution in [0.4, 0.5) is 0 Å². The second-order valence-corrected chi connectivity index (χ2v) is 5.93. The summed E-state index contributed by atoms with van der Waals surface area (Å²) in [5.41, 5.74) is 1.79. The molecule has 1 aliphatic rings. The Balaban J connectivity index is 1.74. The minimum Gasteiger partial charge on any atom is -0.467 e. The number of nitrogens with one attached hydrogen (secondary N) is 1. The molecule has 6 nitrogen and oxygen atoms in total. The lowest BCUT2D eigenvalue weighted by atomic mass is 10.2. The Morgan fingerprint density at radius 3 is 3.14 bits per heavy atom. The summed E-state index contributed by atoms with van der Waals surface area (Å²) < 4.78 is 10.4. The van der Waals surface area contributed by atoms with E-state index in [0.29, 0.717) is 18.1 Å². The quantitative estimate of drug-likeness (QED) is 0.875. The highest BCUT2D eigenvalue weighted by Crippen LogP contribution is 2.19. The van der Waals surface area contributed by atoms with Gasteiger partial charge in [0.25, 0.3) is 0 Å². The molecule has 2 heterocycles.